The number of esters is 1. The molecule has 1 aromatic heterocycles. The molecule has 0 radical (unpaired) electrons. The first kappa shape index (κ1) is 19.8. The Morgan fingerprint density at radius 2 is 1.93 bits per heavy atom. The van der Waals surface area contributed by atoms with Gasteiger partial charge in [-0.2, -0.15) is 0 Å². The minimum atomic E-state index is -0.734. The lowest BCUT2D eigenvalue weighted by Crippen LogP contribution is -2.27. The van der Waals surface area contributed by atoms with E-state index >= 15 is 0 Å². The monoisotopic (exact) mass is 405 g/mol. The third kappa shape index (κ3) is 3.83. The van der Waals surface area contributed by atoms with Crippen LogP contribution in [0.5, 0.6) is 0 Å². The van der Waals surface area contributed by atoms with Gasteiger partial charge >= 0.3 is 5.97 Å². The molecule has 1 N–H and O–H groups in total. The van der Waals surface area contributed by atoms with E-state index in [0.29, 0.717) is 10.9 Å². The highest BCUT2D eigenvalue weighted by molar-refractivity contribution is 5.99. The first-order valence-electron chi connectivity index (χ1n) is 10.0. The van der Waals surface area contributed by atoms with Crippen molar-refractivity contribution < 1.29 is 14.3 Å². The Morgan fingerprint density at radius 3 is 2.67 bits per heavy atom. The van der Waals surface area contributed by atoms with Crippen molar-refractivity contribution in [3.63, 3.8) is 0 Å². The fourth-order valence-corrected chi connectivity index (χ4v) is 3.65. The zero-order chi connectivity index (χ0) is 21.3. The molecule has 7 heteroatoms. The number of ether oxygens (including phenoxy) is 1. The van der Waals surface area contributed by atoms with E-state index < -0.39 is 18.0 Å². The summed E-state index contributed by atoms with van der Waals surface area (Å²) in [6, 6.07) is 14.7. The quantitative estimate of drug-likeness (QED) is 0.659. The zero-order valence-corrected chi connectivity index (χ0v) is 16.9. The molecule has 0 saturated carbocycles. The van der Waals surface area contributed by atoms with Crippen molar-refractivity contribution in [1.82, 2.24) is 9.97 Å². The van der Waals surface area contributed by atoms with E-state index in [2.05, 4.69) is 16.9 Å². The van der Waals surface area contributed by atoms with Gasteiger partial charge in [0.25, 0.3) is 5.56 Å². The van der Waals surface area contributed by atoms with Gasteiger partial charge in [0, 0.05) is 18.7 Å². The van der Waals surface area contributed by atoms with Gasteiger partial charge in [-0.1, -0.05) is 31.2 Å². The van der Waals surface area contributed by atoms with Crippen molar-refractivity contribution >= 4 is 28.5 Å². The number of hydrogen-bond acceptors (Lipinski definition) is 5. The fraction of sp³-hybridized carbons (Fsp3) is 0.304. The number of fused-ring (bicyclic) bond motifs is 1. The average Bonchev–Trinajstić information content (AvgIpc) is 3.15. The van der Waals surface area contributed by atoms with Crippen LogP contribution in [-0.4, -0.2) is 28.4 Å². The highest BCUT2D eigenvalue weighted by atomic mass is 16.5. The molecule has 2 aromatic carbocycles. The fourth-order valence-electron chi connectivity index (χ4n) is 3.65. The first-order valence-corrected chi connectivity index (χ1v) is 10.0. The third-order valence-electron chi connectivity index (χ3n) is 5.42. The number of H-pyrrole nitrogens is 1. The number of anilines is 1. The Labute approximate surface area is 173 Å². The minimum absolute atomic E-state index is 0.1000. The first-order chi connectivity index (χ1) is 14.5. The smallest absolute Gasteiger partial charge is 0.311 e. The summed E-state index contributed by atoms with van der Waals surface area (Å²) in [5.41, 5.74) is 2.22. The van der Waals surface area contributed by atoms with Crippen molar-refractivity contribution in [3.05, 3.63) is 70.3 Å². The molecular formula is C23H23N3O4. The topological polar surface area (TPSA) is 92.4 Å². The number of nitrogens with one attached hydrogen (secondary N) is 1. The molecule has 2 unspecified atom stereocenters. The van der Waals surface area contributed by atoms with Crippen LogP contribution >= 0.6 is 0 Å². The van der Waals surface area contributed by atoms with Crippen LogP contribution in [0, 0.1) is 5.92 Å². The minimum Gasteiger partial charge on any atom is -0.454 e. The van der Waals surface area contributed by atoms with Crippen LogP contribution in [0.1, 0.15) is 37.8 Å². The van der Waals surface area contributed by atoms with Gasteiger partial charge in [-0.05, 0) is 43.2 Å². The summed E-state index contributed by atoms with van der Waals surface area (Å²) in [7, 11) is 0. The molecule has 1 aliphatic heterocycles. The third-order valence-corrected chi connectivity index (χ3v) is 5.42. The summed E-state index contributed by atoms with van der Waals surface area (Å²) in [6.45, 7) is 4.00. The molecule has 4 rings (SSSR count). The van der Waals surface area contributed by atoms with Gasteiger partial charge < -0.3 is 14.6 Å². The maximum atomic E-state index is 12.7. The number of para-hydroxylation sites is 1. The van der Waals surface area contributed by atoms with Gasteiger partial charge in [-0.25, -0.2) is 4.98 Å². The molecular weight excluding hydrogens is 382 g/mol. The Kier molecular flexibility index (Phi) is 5.35. The van der Waals surface area contributed by atoms with Crippen LogP contribution in [0.4, 0.5) is 5.69 Å². The molecule has 7 nitrogen and oxygen atoms in total. The van der Waals surface area contributed by atoms with Crippen LogP contribution in [0.25, 0.3) is 10.9 Å². The van der Waals surface area contributed by atoms with Crippen molar-refractivity contribution in [1.29, 1.82) is 0 Å². The Balaban J connectivity index is 1.46. The molecule has 0 aliphatic carbocycles. The number of rotatable bonds is 5. The number of aryl methyl sites for hydroxylation is 1. The maximum Gasteiger partial charge on any atom is 0.311 e. The summed E-state index contributed by atoms with van der Waals surface area (Å²) >= 11 is 0. The summed E-state index contributed by atoms with van der Waals surface area (Å²) in [5, 5.41) is 0.478. The van der Waals surface area contributed by atoms with Crippen LogP contribution in [0.2, 0.25) is 0 Å². The van der Waals surface area contributed by atoms with Gasteiger partial charge in [-0.3, -0.25) is 14.4 Å². The number of carbonyl (C=O) groups excluding carboxylic acids is 2. The second-order valence-corrected chi connectivity index (χ2v) is 7.47. The molecule has 30 heavy (non-hydrogen) atoms. The molecule has 0 spiro atoms. The van der Waals surface area contributed by atoms with Gasteiger partial charge in [0.2, 0.25) is 5.91 Å². The number of aromatic nitrogens is 2. The van der Waals surface area contributed by atoms with Gasteiger partial charge in [0.15, 0.2) is 11.9 Å². The van der Waals surface area contributed by atoms with Crippen LogP contribution in [-0.2, 0) is 20.7 Å². The summed E-state index contributed by atoms with van der Waals surface area (Å²) in [5.74, 6) is -0.855. The molecule has 1 saturated heterocycles. The molecule has 3 aromatic rings. The molecule has 154 valence electrons. The van der Waals surface area contributed by atoms with Crippen molar-refractivity contribution in [3.8, 4) is 0 Å². The SMILES string of the molecule is CCc1ccc(N2CC(C(=O)OC(C)c3nc4ccccc4c(=O)[nH]3)CC2=O)cc1. The zero-order valence-electron chi connectivity index (χ0n) is 16.9. The number of hydrogen-bond donors (Lipinski definition) is 1. The Morgan fingerprint density at radius 1 is 1.20 bits per heavy atom. The van der Waals surface area contributed by atoms with Gasteiger partial charge in [-0.15, -0.1) is 0 Å². The van der Waals surface area contributed by atoms with E-state index in [1.807, 2.05) is 24.3 Å². The molecule has 2 heterocycles. The number of benzene rings is 2. The van der Waals surface area contributed by atoms with E-state index in [1.165, 1.54) is 5.56 Å². The Hall–Kier alpha value is -3.48. The maximum absolute atomic E-state index is 12.7. The highest BCUT2D eigenvalue weighted by Gasteiger charge is 2.37. The number of amides is 1. The predicted molar refractivity (Wildman–Crippen MR) is 113 cm³/mol. The number of carbonyl (C=O) groups is 2. The molecule has 1 amide bonds. The standard InChI is InChI=1S/C23H23N3O4/c1-3-15-8-10-17(11-9-15)26-13-16(12-20(26)27)23(29)30-14(2)21-24-19-7-5-4-6-18(19)22(28)25-21/h4-11,14,16H,3,12-13H2,1-2H3,(H,24,25,28). The van der Waals surface area contributed by atoms with E-state index in [-0.39, 0.29) is 30.3 Å². The van der Waals surface area contributed by atoms with Crippen molar-refractivity contribution in [2.24, 2.45) is 5.92 Å². The molecule has 1 aliphatic rings. The second-order valence-electron chi connectivity index (χ2n) is 7.47. The lowest BCUT2D eigenvalue weighted by atomic mass is 10.1. The molecule has 0 bridgehead atoms. The van der Waals surface area contributed by atoms with Crippen LogP contribution in [0.3, 0.4) is 0 Å². The highest BCUT2D eigenvalue weighted by Crippen LogP contribution is 2.27. The number of nitrogens with zero attached hydrogens (tertiary/aromatic N) is 2. The Bertz CT molecular complexity index is 1150. The van der Waals surface area contributed by atoms with E-state index in [1.54, 1.807) is 36.1 Å². The van der Waals surface area contributed by atoms with Crippen molar-refractivity contribution in [2.75, 3.05) is 11.4 Å². The van der Waals surface area contributed by atoms with Gasteiger partial charge in [0.05, 0.1) is 16.8 Å². The number of aromatic amines is 1. The summed E-state index contributed by atoms with van der Waals surface area (Å²) in [6.07, 6.45) is 0.289. The van der Waals surface area contributed by atoms with E-state index in [4.69, 9.17) is 4.74 Å². The van der Waals surface area contributed by atoms with E-state index in [9.17, 15) is 14.4 Å². The lowest BCUT2D eigenvalue weighted by Gasteiger charge is -2.18. The van der Waals surface area contributed by atoms with Crippen LogP contribution < -0.4 is 10.5 Å². The molecule has 1 fully saturated rings. The van der Waals surface area contributed by atoms with Gasteiger partial charge in [0.1, 0.15) is 0 Å². The second kappa shape index (κ2) is 8.10. The lowest BCUT2D eigenvalue weighted by molar-refractivity contribution is -0.153. The van der Waals surface area contributed by atoms with Crippen LogP contribution in [0.15, 0.2) is 53.3 Å². The molecule has 2 atom stereocenters. The summed E-state index contributed by atoms with van der Waals surface area (Å²) in [4.78, 5) is 46.1. The normalized spacial score (nSPS) is 17.3. The van der Waals surface area contributed by atoms with E-state index in [0.717, 1.165) is 12.1 Å². The largest absolute Gasteiger partial charge is 0.454 e. The average molecular weight is 405 g/mol. The predicted octanol–water partition coefficient (Wildman–Crippen LogP) is 3.14. The van der Waals surface area contributed by atoms with Crippen molar-refractivity contribution in [2.45, 2.75) is 32.8 Å². The summed E-state index contributed by atoms with van der Waals surface area (Å²) < 4.78 is 5.54.